The molecule has 2 rings (SSSR count). The number of nitrogens with zero attached hydrogens (tertiary/aromatic N) is 3. The highest BCUT2D eigenvalue weighted by atomic mass is 15.3. The zero-order chi connectivity index (χ0) is 9.47. The lowest BCUT2D eigenvalue weighted by molar-refractivity contribution is 0.362. The van der Waals surface area contributed by atoms with Crippen LogP contribution >= 0.6 is 0 Å². The molecule has 1 aliphatic rings. The fourth-order valence-corrected chi connectivity index (χ4v) is 1.60. The quantitative estimate of drug-likeness (QED) is 0.673. The van der Waals surface area contributed by atoms with Crippen molar-refractivity contribution >= 4 is 5.82 Å². The molecule has 4 heteroatoms. The van der Waals surface area contributed by atoms with Crippen LogP contribution < -0.4 is 10.6 Å². The number of hydrogen-bond donors (Lipinski definition) is 1. The normalized spacial score (nSPS) is 19.8. The molecule has 1 fully saturated rings. The van der Waals surface area contributed by atoms with E-state index in [0.29, 0.717) is 0 Å². The SMILES string of the molecule is Cc1cc(N2CC(C)(N)C2)ncn1. The van der Waals surface area contributed by atoms with Crippen LogP contribution in [0.4, 0.5) is 5.82 Å². The standard InChI is InChI=1S/C9H14N4/c1-7-3-8(12-6-11-7)13-4-9(2,10)5-13/h3,6H,4-5,10H2,1-2H3. The van der Waals surface area contributed by atoms with Crippen molar-refractivity contribution in [3.05, 3.63) is 18.1 Å². The minimum absolute atomic E-state index is 0.0428. The average molecular weight is 178 g/mol. The van der Waals surface area contributed by atoms with Gasteiger partial charge in [0, 0.05) is 30.4 Å². The first kappa shape index (κ1) is 8.44. The Morgan fingerprint density at radius 2 is 2.15 bits per heavy atom. The summed E-state index contributed by atoms with van der Waals surface area (Å²) in [6, 6.07) is 1.98. The van der Waals surface area contributed by atoms with Crippen LogP contribution in [0.1, 0.15) is 12.6 Å². The first-order chi connectivity index (χ1) is 6.07. The number of anilines is 1. The Kier molecular flexibility index (Phi) is 1.73. The molecule has 70 valence electrons. The number of rotatable bonds is 1. The van der Waals surface area contributed by atoms with E-state index in [1.165, 1.54) is 0 Å². The molecule has 2 heterocycles. The zero-order valence-electron chi connectivity index (χ0n) is 7.99. The van der Waals surface area contributed by atoms with Crippen molar-refractivity contribution in [2.45, 2.75) is 19.4 Å². The van der Waals surface area contributed by atoms with Crippen LogP contribution in [0.3, 0.4) is 0 Å². The number of aryl methyl sites for hydroxylation is 1. The van der Waals surface area contributed by atoms with E-state index in [2.05, 4.69) is 21.8 Å². The van der Waals surface area contributed by atoms with E-state index < -0.39 is 0 Å². The first-order valence-electron chi connectivity index (χ1n) is 4.39. The predicted octanol–water partition coefficient (Wildman–Crippen LogP) is 0.322. The summed E-state index contributed by atoms with van der Waals surface area (Å²) in [5, 5.41) is 0. The number of hydrogen-bond acceptors (Lipinski definition) is 4. The lowest BCUT2D eigenvalue weighted by Crippen LogP contribution is -2.65. The van der Waals surface area contributed by atoms with E-state index in [-0.39, 0.29) is 5.54 Å². The van der Waals surface area contributed by atoms with Gasteiger partial charge in [-0.1, -0.05) is 0 Å². The number of aromatic nitrogens is 2. The Hall–Kier alpha value is -1.16. The van der Waals surface area contributed by atoms with E-state index in [1.807, 2.05) is 13.0 Å². The zero-order valence-corrected chi connectivity index (χ0v) is 7.99. The summed E-state index contributed by atoms with van der Waals surface area (Å²) in [5.41, 5.74) is 6.86. The highest BCUT2D eigenvalue weighted by Crippen LogP contribution is 2.23. The van der Waals surface area contributed by atoms with E-state index in [0.717, 1.165) is 24.6 Å². The van der Waals surface area contributed by atoms with E-state index >= 15 is 0 Å². The molecule has 1 aromatic heterocycles. The van der Waals surface area contributed by atoms with Crippen molar-refractivity contribution < 1.29 is 0 Å². The van der Waals surface area contributed by atoms with Crippen molar-refractivity contribution in [2.24, 2.45) is 5.73 Å². The van der Waals surface area contributed by atoms with Gasteiger partial charge in [0.15, 0.2) is 0 Å². The highest BCUT2D eigenvalue weighted by Gasteiger charge is 2.35. The lowest BCUT2D eigenvalue weighted by atomic mass is 9.94. The summed E-state index contributed by atoms with van der Waals surface area (Å²) in [6.45, 7) is 5.77. The van der Waals surface area contributed by atoms with Crippen molar-refractivity contribution in [3.63, 3.8) is 0 Å². The van der Waals surface area contributed by atoms with Gasteiger partial charge in [-0.25, -0.2) is 9.97 Å². The van der Waals surface area contributed by atoms with Gasteiger partial charge in [0.25, 0.3) is 0 Å². The minimum Gasteiger partial charge on any atom is -0.353 e. The Morgan fingerprint density at radius 1 is 1.46 bits per heavy atom. The summed E-state index contributed by atoms with van der Waals surface area (Å²) in [5.74, 6) is 0.982. The maximum Gasteiger partial charge on any atom is 0.132 e. The first-order valence-corrected chi connectivity index (χ1v) is 4.39. The van der Waals surface area contributed by atoms with Gasteiger partial charge in [0.1, 0.15) is 12.1 Å². The molecule has 0 amide bonds. The Balaban J connectivity index is 2.11. The van der Waals surface area contributed by atoms with E-state index in [1.54, 1.807) is 6.33 Å². The topological polar surface area (TPSA) is 55.0 Å². The molecule has 1 aromatic rings. The van der Waals surface area contributed by atoms with Crippen LogP contribution in [0, 0.1) is 6.92 Å². The third-order valence-electron chi connectivity index (χ3n) is 2.22. The monoisotopic (exact) mass is 178 g/mol. The van der Waals surface area contributed by atoms with Gasteiger partial charge in [-0.05, 0) is 13.8 Å². The third-order valence-corrected chi connectivity index (χ3v) is 2.22. The second-order valence-electron chi connectivity index (χ2n) is 4.03. The molecule has 1 aliphatic heterocycles. The van der Waals surface area contributed by atoms with Gasteiger partial charge in [-0.3, -0.25) is 0 Å². The molecule has 0 radical (unpaired) electrons. The summed E-state index contributed by atoms with van der Waals surface area (Å²) in [6.07, 6.45) is 1.59. The molecule has 4 nitrogen and oxygen atoms in total. The largest absolute Gasteiger partial charge is 0.353 e. The van der Waals surface area contributed by atoms with Crippen molar-refractivity contribution in [1.82, 2.24) is 9.97 Å². The maximum absolute atomic E-state index is 5.90. The van der Waals surface area contributed by atoms with Gasteiger partial charge in [-0.2, -0.15) is 0 Å². The van der Waals surface area contributed by atoms with Crippen LogP contribution in [-0.4, -0.2) is 28.6 Å². The molecular weight excluding hydrogens is 164 g/mol. The summed E-state index contributed by atoms with van der Waals surface area (Å²) >= 11 is 0. The fourth-order valence-electron chi connectivity index (χ4n) is 1.60. The average Bonchev–Trinajstić information content (AvgIpc) is 2.00. The second kappa shape index (κ2) is 2.67. The molecule has 13 heavy (non-hydrogen) atoms. The highest BCUT2D eigenvalue weighted by molar-refractivity contribution is 5.44. The summed E-state index contributed by atoms with van der Waals surface area (Å²) in [7, 11) is 0. The molecule has 0 bridgehead atoms. The Bertz CT molecular complexity index is 313. The molecule has 2 N–H and O–H groups in total. The molecular formula is C9H14N4. The van der Waals surface area contributed by atoms with Crippen LogP contribution in [0.15, 0.2) is 12.4 Å². The number of nitrogens with two attached hydrogens (primary N) is 1. The van der Waals surface area contributed by atoms with Crippen LogP contribution in [0.25, 0.3) is 0 Å². The van der Waals surface area contributed by atoms with Gasteiger partial charge in [0.2, 0.25) is 0 Å². The fraction of sp³-hybridized carbons (Fsp3) is 0.556. The van der Waals surface area contributed by atoms with Gasteiger partial charge < -0.3 is 10.6 Å². The Morgan fingerprint density at radius 3 is 2.69 bits per heavy atom. The van der Waals surface area contributed by atoms with Crippen molar-refractivity contribution in [1.29, 1.82) is 0 Å². The van der Waals surface area contributed by atoms with Crippen LogP contribution in [0.5, 0.6) is 0 Å². The molecule has 1 saturated heterocycles. The second-order valence-corrected chi connectivity index (χ2v) is 4.03. The van der Waals surface area contributed by atoms with Gasteiger partial charge in [0.05, 0.1) is 0 Å². The minimum atomic E-state index is -0.0428. The van der Waals surface area contributed by atoms with E-state index in [9.17, 15) is 0 Å². The van der Waals surface area contributed by atoms with Crippen molar-refractivity contribution in [2.75, 3.05) is 18.0 Å². The molecule has 0 spiro atoms. The van der Waals surface area contributed by atoms with Crippen LogP contribution in [-0.2, 0) is 0 Å². The molecule has 0 unspecified atom stereocenters. The van der Waals surface area contributed by atoms with Gasteiger partial charge >= 0.3 is 0 Å². The predicted molar refractivity (Wildman–Crippen MR) is 51.6 cm³/mol. The smallest absolute Gasteiger partial charge is 0.132 e. The van der Waals surface area contributed by atoms with Crippen LogP contribution in [0.2, 0.25) is 0 Å². The van der Waals surface area contributed by atoms with E-state index in [4.69, 9.17) is 5.73 Å². The molecule has 0 aromatic carbocycles. The summed E-state index contributed by atoms with van der Waals surface area (Å²) < 4.78 is 0. The Labute approximate surface area is 77.8 Å². The third kappa shape index (κ3) is 1.62. The summed E-state index contributed by atoms with van der Waals surface area (Å²) in [4.78, 5) is 10.4. The molecule has 0 aliphatic carbocycles. The van der Waals surface area contributed by atoms with Gasteiger partial charge in [-0.15, -0.1) is 0 Å². The molecule has 0 saturated carbocycles. The lowest BCUT2D eigenvalue weighted by Gasteiger charge is -2.46. The van der Waals surface area contributed by atoms with Crippen molar-refractivity contribution in [3.8, 4) is 0 Å². The molecule has 0 atom stereocenters. The maximum atomic E-state index is 5.90.